The standard InChI is InChI=1S/C8H10N.C4H8O2S/c1-2-6-9-7-4-3-5-8-9;1-7-3-2-4(5)6/h2-5,7-8H,1,6H2;2-3H2,1H3,(H,5,6)/q+1;/p-1. The van der Waals surface area contributed by atoms with E-state index in [0.29, 0.717) is 5.75 Å². The normalized spacial score (nSPS) is 8.81. The molecule has 0 aliphatic rings. The highest BCUT2D eigenvalue weighted by Crippen LogP contribution is 1.92. The van der Waals surface area contributed by atoms with Gasteiger partial charge in [-0.05, 0) is 24.5 Å². The van der Waals surface area contributed by atoms with Crippen LogP contribution in [-0.4, -0.2) is 18.0 Å². The fourth-order valence-electron chi connectivity index (χ4n) is 0.891. The van der Waals surface area contributed by atoms with Gasteiger partial charge in [-0.1, -0.05) is 12.6 Å². The van der Waals surface area contributed by atoms with E-state index in [1.807, 2.05) is 42.9 Å². The summed E-state index contributed by atoms with van der Waals surface area (Å²) in [6.07, 6.45) is 7.94. The van der Waals surface area contributed by atoms with Crippen molar-refractivity contribution in [3.05, 3.63) is 43.2 Å². The number of hydrogen-bond donors (Lipinski definition) is 0. The molecule has 1 rings (SSSR count). The minimum atomic E-state index is -0.964. The van der Waals surface area contributed by atoms with Crippen molar-refractivity contribution in [2.24, 2.45) is 0 Å². The van der Waals surface area contributed by atoms with Gasteiger partial charge in [-0.15, -0.1) is 0 Å². The van der Waals surface area contributed by atoms with E-state index in [1.165, 1.54) is 11.8 Å². The third kappa shape index (κ3) is 9.27. The summed E-state index contributed by atoms with van der Waals surface area (Å²) in [6, 6.07) is 6.01. The van der Waals surface area contributed by atoms with E-state index in [4.69, 9.17) is 0 Å². The van der Waals surface area contributed by atoms with E-state index in [-0.39, 0.29) is 6.42 Å². The van der Waals surface area contributed by atoms with Crippen molar-refractivity contribution in [3.8, 4) is 0 Å². The molecule has 0 N–H and O–H groups in total. The van der Waals surface area contributed by atoms with E-state index < -0.39 is 5.97 Å². The third-order valence-corrected chi connectivity index (χ3v) is 2.24. The van der Waals surface area contributed by atoms with Crippen LogP contribution in [0, 0.1) is 0 Å². The number of hydrogen-bond acceptors (Lipinski definition) is 3. The minimum Gasteiger partial charge on any atom is -0.550 e. The zero-order valence-corrected chi connectivity index (χ0v) is 10.3. The Morgan fingerprint density at radius 3 is 2.44 bits per heavy atom. The van der Waals surface area contributed by atoms with Crippen LogP contribution < -0.4 is 9.67 Å². The largest absolute Gasteiger partial charge is 0.550 e. The van der Waals surface area contributed by atoms with E-state index in [0.717, 1.165) is 6.54 Å². The molecule has 0 aliphatic heterocycles. The van der Waals surface area contributed by atoms with E-state index in [1.54, 1.807) is 0 Å². The number of pyridine rings is 1. The molecule has 0 unspecified atom stereocenters. The molecule has 0 fully saturated rings. The van der Waals surface area contributed by atoms with Crippen LogP contribution in [0.3, 0.4) is 0 Å². The van der Waals surface area contributed by atoms with Crippen molar-refractivity contribution >= 4 is 17.7 Å². The van der Waals surface area contributed by atoms with Gasteiger partial charge < -0.3 is 9.90 Å². The molecule has 1 heterocycles. The van der Waals surface area contributed by atoms with Crippen LogP contribution in [0.5, 0.6) is 0 Å². The Bertz CT molecular complexity index is 301. The van der Waals surface area contributed by atoms with Gasteiger partial charge in [-0.25, -0.2) is 4.57 Å². The Morgan fingerprint density at radius 2 is 2.06 bits per heavy atom. The predicted octanol–water partition coefficient (Wildman–Crippen LogP) is 0.649. The number of aliphatic carboxylic acids is 1. The van der Waals surface area contributed by atoms with E-state index in [9.17, 15) is 9.90 Å². The third-order valence-electron chi connectivity index (χ3n) is 1.63. The quantitative estimate of drug-likeness (QED) is 0.560. The highest BCUT2D eigenvalue weighted by atomic mass is 32.2. The summed E-state index contributed by atoms with van der Waals surface area (Å²) in [5, 5.41) is 9.63. The number of carboxylic acids is 1. The lowest BCUT2D eigenvalue weighted by Gasteiger charge is -1.95. The molecule has 88 valence electrons. The second-order valence-electron chi connectivity index (χ2n) is 2.98. The second kappa shape index (κ2) is 10.2. The van der Waals surface area contributed by atoms with Crippen molar-refractivity contribution in [1.29, 1.82) is 0 Å². The van der Waals surface area contributed by atoms with Gasteiger partial charge in [0.2, 0.25) is 0 Å². The fraction of sp³-hybridized carbons (Fsp3) is 0.333. The molecule has 0 amide bonds. The maximum atomic E-state index is 9.63. The molecule has 0 bridgehead atoms. The van der Waals surface area contributed by atoms with Gasteiger partial charge in [0.05, 0.1) is 0 Å². The molecule has 4 heteroatoms. The lowest BCUT2D eigenvalue weighted by atomic mass is 10.5. The molecule has 0 saturated heterocycles. The lowest BCUT2D eigenvalue weighted by Crippen LogP contribution is -2.30. The molecule has 0 atom stereocenters. The van der Waals surface area contributed by atoms with Crippen molar-refractivity contribution < 1.29 is 14.5 Å². The van der Waals surface area contributed by atoms with Crippen LogP contribution >= 0.6 is 11.8 Å². The summed E-state index contributed by atoms with van der Waals surface area (Å²) in [7, 11) is 0. The highest BCUT2D eigenvalue weighted by molar-refractivity contribution is 7.98. The first-order valence-corrected chi connectivity index (χ1v) is 6.34. The molecule has 16 heavy (non-hydrogen) atoms. The Labute approximate surface area is 101 Å². The number of rotatable bonds is 5. The van der Waals surface area contributed by atoms with E-state index in [2.05, 4.69) is 11.1 Å². The monoisotopic (exact) mass is 239 g/mol. The topological polar surface area (TPSA) is 44.0 Å². The number of nitrogens with zero attached hydrogens (tertiary/aromatic N) is 1. The average Bonchev–Trinajstić information content (AvgIpc) is 2.29. The van der Waals surface area contributed by atoms with Gasteiger partial charge in [0, 0.05) is 18.1 Å². The average molecular weight is 239 g/mol. The van der Waals surface area contributed by atoms with Gasteiger partial charge >= 0.3 is 0 Å². The molecule has 0 spiro atoms. The lowest BCUT2D eigenvalue weighted by molar-refractivity contribution is -0.687. The van der Waals surface area contributed by atoms with Crippen molar-refractivity contribution in [2.45, 2.75) is 13.0 Å². The number of carboxylic acid groups (broad SMARTS) is 1. The first-order chi connectivity index (χ1) is 7.70. The van der Waals surface area contributed by atoms with Crippen LogP contribution in [0.15, 0.2) is 43.2 Å². The van der Waals surface area contributed by atoms with Crippen LogP contribution in [0.25, 0.3) is 0 Å². The van der Waals surface area contributed by atoms with Crippen molar-refractivity contribution in [1.82, 2.24) is 0 Å². The smallest absolute Gasteiger partial charge is 0.169 e. The molecular formula is C12H17NO2S. The van der Waals surface area contributed by atoms with Crippen molar-refractivity contribution in [2.75, 3.05) is 12.0 Å². The summed E-state index contributed by atoms with van der Waals surface area (Å²) in [5.74, 6) is -0.308. The molecule has 3 nitrogen and oxygen atoms in total. The van der Waals surface area contributed by atoms with Gasteiger partial charge in [0.1, 0.15) is 0 Å². The minimum absolute atomic E-state index is 0.168. The van der Waals surface area contributed by atoms with Crippen molar-refractivity contribution in [3.63, 3.8) is 0 Å². The zero-order chi connectivity index (χ0) is 12.2. The SMILES string of the molecule is C=CC[n+]1ccccc1.CSCCC(=O)[O-]. The summed E-state index contributed by atoms with van der Waals surface area (Å²) in [5.41, 5.74) is 0. The summed E-state index contributed by atoms with van der Waals surface area (Å²) in [6.45, 7) is 4.52. The molecule has 1 aromatic rings. The summed E-state index contributed by atoms with van der Waals surface area (Å²) >= 11 is 1.51. The maximum absolute atomic E-state index is 9.63. The van der Waals surface area contributed by atoms with Gasteiger partial charge in [-0.3, -0.25) is 0 Å². The Balaban J connectivity index is 0.000000293. The highest BCUT2D eigenvalue weighted by Gasteiger charge is 1.88. The Morgan fingerprint density at radius 1 is 1.44 bits per heavy atom. The molecular weight excluding hydrogens is 222 g/mol. The number of carbonyl (C=O) groups excluding carboxylic acids is 1. The molecule has 1 aromatic heterocycles. The predicted molar refractivity (Wildman–Crippen MR) is 64.8 cm³/mol. The van der Waals surface area contributed by atoms with Gasteiger partial charge in [0.25, 0.3) is 0 Å². The number of aromatic nitrogens is 1. The maximum Gasteiger partial charge on any atom is 0.169 e. The van der Waals surface area contributed by atoms with Crippen LogP contribution in [0.1, 0.15) is 6.42 Å². The van der Waals surface area contributed by atoms with E-state index >= 15 is 0 Å². The fourth-order valence-corrected chi connectivity index (χ4v) is 1.26. The van der Waals surface area contributed by atoms with Gasteiger partial charge in [0.15, 0.2) is 18.9 Å². The van der Waals surface area contributed by atoms with Crippen LogP contribution in [-0.2, 0) is 11.3 Å². The summed E-state index contributed by atoms with van der Waals surface area (Å²) in [4.78, 5) is 9.63. The molecule has 0 aromatic carbocycles. The number of allylic oxidation sites excluding steroid dienone is 1. The zero-order valence-electron chi connectivity index (χ0n) is 9.46. The number of thioether (sulfide) groups is 1. The first kappa shape index (κ1) is 14.7. The molecule has 0 radical (unpaired) electrons. The first-order valence-electron chi connectivity index (χ1n) is 4.94. The molecule has 0 aliphatic carbocycles. The van der Waals surface area contributed by atoms with Crippen LogP contribution in [0.2, 0.25) is 0 Å². The Hall–Kier alpha value is -1.29. The van der Waals surface area contributed by atoms with Crippen LogP contribution in [0.4, 0.5) is 0 Å². The van der Waals surface area contributed by atoms with Gasteiger partial charge in [-0.2, -0.15) is 11.8 Å². The number of carbonyl (C=O) groups is 1. The second-order valence-corrected chi connectivity index (χ2v) is 3.96. The molecule has 0 saturated carbocycles. The Kier molecular flexibility index (Phi) is 9.41. The summed E-state index contributed by atoms with van der Waals surface area (Å²) < 4.78 is 2.06.